The Morgan fingerprint density at radius 2 is 2.07 bits per heavy atom. The van der Waals surface area contributed by atoms with Crippen LogP contribution in [0.5, 0.6) is 11.5 Å². The molecule has 0 saturated carbocycles. The van der Waals surface area contributed by atoms with Gasteiger partial charge in [0.05, 0.1) is 26.9 Å². The van der Waals surface area contributed by atoms with Crippen LogP contribution in [-0.2, 0) is 32.9 Å². The van der Waals surface area contributed by atoms with Crippen LogP contribution in [0.4, 0.5) is 4.79 Å². The molecule has 1 aromatic heterocycles. The van der Waals surface area contributed by atoms with Crippen molar-refractivity contribution in [3.8, 4) is 11.5 Å². The Kier molecular flexibility index (Phi) is 10.6. The Bertz CT molecular complexity index is 1430. The van der Waals surface area contributed by atoms with Crippen molar-refractivity contribution in [2.45, 2.75) is 25.6 Å². The molecule has 1 unspecified atom stereocenters. The normalized spacial score (nSPS) is 18.1. The average Bonchev–Trinajstić information content (AvgIpc) is 3.01. The van der Waals surface area contributed by atoms with Gasteiger partial charge in [0.2, 0.25) is 6.79 Å². The number of para-hydroxylation sites is 1. The van der Waals surface area contributed by atoms with Gasteiger partial charge in [0.1, 0.15) is 23.3 Å². The highest BCUT2D eigenvalue weighted by molar-refractivity contribution is 7.52. The Balaban J connectivity index is 1.68. The van der Waals surface area contributed by atoms with Gasteiger partial charge >= 0.3 is 19.9 Å². The van der Waals surface area contributed by atoms with Crippen molar-refractivity contribution in [3.63, 3.8) is 0 Å². The van der Waals surface area contributed by atoms with Crippen LogP contribution in [0.2, 0.25) is 0 Å². The van der Waals surface area contributed by atoms with E-state index in [0.29, 0.717) is 19.6 Å². The lowest BCUT2D eigenvalue weighted by molar-refractivity contribution is -0.145. The average molecular weight is 622 g/mol. The van der Waals surface area contributed by atoms with E-state index < -0.39 is 44.8 Å². The van der Waals surface area contributed by atoms with Gasteiger partial charge < -0.3 is 38.5 Å². The first kappa shape index (κ1) is 31.4. The van der Waals surface area contributed by atoms with Crippen LogP contribution in [0.25, 0.3) is 0 Å². The zero-order chi connectivity index (χ0) is 30.8. The fourth-order valence-corrected chi connectivity index (χ4v) is 5.24. The van der Waals surface area contributed by atoms with E-state index in [1.54, 1.807) is 29.2 Å². The molecule has 232 valence electrons. The first-order valence-electron chi connectivity index (χ1n) is 13.1. The number of ether oxygens (including phenoxy) is 5. The third-order valence-electron chi connectivity index (χ3n) is 5.98. The highest BCUT2D eigenvalue weighted by atomic mass is 31.2. The number of hydrogen-bond acceptors (Lipinski definition) is 13. The predicted molar refractivity (Wildman–Crippen MR) is 148 cm³/mol. The summed E-state index contributed by atoms with van der Waals surface area (Å²) in [6, 6.07) is 8.34. The van der Waals surface area contributed by atoms with E-state index in [-0.39, 0.29) is 35.8 Å². The number of carbonyl (C=O) groups excluding carboxylic acids is 3. The summed E-state index contributed by atoms with van der Waals surface area (Å²) in [5, 5.41) is 6.38. The number of methoxy groups -OCH3 is 1. The number of nitrogens with zero attached hydrogens (tertiary/aromatic N) is 3. The number of pyridine rings is 1. The summed E-state index contributed by atoms with van der Waals surface area (Å²) in [7, 11) is -3.30. The first-order valence-corrected chi connectivity index (χ1v) is 14.7. The quantitative estimate of drug-likeness (QED) is 0.0831. The number of nitrogens with one attached hydrogen (secondary N) is 2. The third kappa shape index (κ3) is 8.06. The number of rotatable bonds is 13. The summed E-state index contributed by atoms with van der Waals surface area (Å²) in [6.07, 6.45) is 2.03. The Morgan fingerprint density at radius 3 is 2.81 bits per heavy atom. The van der Waals surface area contributed by atoms with Crippen molar-refractivity contribution in [1.29, 1.82) is 0 Å². The number of amides is 1. The number of benzene rings is 1. The number of morpholine rings is 1. The van der Waals surface area contributed by atoms with E-state index in [1.165, 1.54) is 36.0 Å². The molecule has 1 fully saturated rings. The van der Waals surface area contributed by atoms with Crippen molar-refractivity contribution in [1.82, 2.24) is 14.7 Å². The van der Waals surface area contributed by atoms with E-state index in [2.05, 4.69) is 27.0 Å². The van der Waals surface area contributed by atoms with Crippen molar-refractivity contribution in [2.24, 2.45) is 5.16 Å². The number of aromatic nitrogens is 1. The molecule has 4 rings (SSSR count). The lowest BCUT2D eigenvalue weighted by Gasteiger charge is -2.41. The van der Waals surface area contributed by atoms with Gasteiger partial charge in [-0.3, -0.25) is 18.9 Å². The van der Waals surface area contributed by atoms with Crippen LogP contribution in [0.15, 0.2) is 60.4 Å². The zero-order valence-electron chi connectivity index (χ0n) is 23.5. The van der Waals surface area contributed by atoms with Gasteiger partial charge in [0, 0.05) is 12.7 Å². The molecular weight excluding hydrogens is 589 g/mol. The minimum absolute atomic E-state index is 0.0117. The van der Waals surface area contributed by atoms with Crippen molar-refractivity contribution >= 4 is 25.8 Å². The number of esters is 1. The molecule has 43 heavy (non-hydrogen) atoms. The first-order chi connectivity index (χ1) is 20.7. The molecule has 1 aromatic carbocycles. The second-order valence-corrected chi connectivity index (χ2v) is 10.6. The lowest BCUT2D eigenvalue weighted by atomic mass is 10.2. The molecule has 2 aromatic rings. The van der Waals surface area contributed by atoms with E-state index in [0.717, 1.165) is 7.11 Å². The fraction of sp³-hybridized carbons (Fsp3) is 0.385. The second kappa shape index (κ2) is 14.6. The highest BCUT2D eigenvalue weighted by Crippen LogP contribution is 2.45. The van der Waals surface area contributed by atoms with Crippen molar-refractivity contribution in [2.75, 3.05) is 45.7 Å². The molecule has 2 aliphatic rings. The van der Waals surface area contributed by atoms with Crippen LogP contribution in [-0.4, -0.2) is 80.1 Å². The molecule has 0 spiro atoms. The smallest absolute Gasteiger partial charge is 0.464 e. The molecule has 0 bridgehead atoms. The summed E-state index contributed by atoms with van der Waals surface area (Å²) < 4.78 is 51.9. The van der Waals surface area contributed by atoms with Gasteiger partial charge in [-0.2, -0.15) is 5.09 Å². The lowest BCUT2D eigenvalue weighted by Crippen LogP contribution is -2.59. The summed E-state index contributed by atoms with van der Waals surface area (Å²) in [6.45, 7) is 5.30. The zero-order valence-corrected chi connectivity index (χ0v) is 24.4. The monoisotopic (exact) mass is 621 g/mol. The SMILES string of the molecule is C=CCCOC(=O)[C@H](C)NP(=O)(O/N=c1\ccn2c(c1OCOC(=O)OC)C(=O)N1CCOC[C@H]1N2)Oc1ccccc1. The number of carbonyl (C=O) groups is 3. The van der Waals surface area contributed by atoms with Gasteiger partial charge in [-0.1, -0.05) is 29.4 Å². The maximum atomic E-state index is 13.9. The van der Waals surface area contributed by atoms with Crippen molar-refractivity contribution in [3.05, 3.63) is 66.3 Å². The summed E-state index contributed by atoms with van der Waals surface area (Å²) in [5.41, 5.74) is 3.11. The molecule has 1 saturated heterocycles. The van der Waals surface area contributed by atoms with Gasteiger partial charge in [-0.15, -0.1) is 6.58 Å². The molecule has 2 N–H and O–H groups in total. The molecule has 3 atom stereocenters. The molecule has 16 nitrogen and oxygen atoms in total. The van der Waals surface area contributed by atoms with Gasteiger partial charge in [0.25, 0.3) is 5.91 Å². The predicted octanol–water partition coefficient (Wildman–Crippen LogP) is 2.08. The summed E-state index contributed by atoms with van der Waals surface area (Å²) in [4.78, 5) is 39.0. The minimum atomic E-state index is -4.42. The van der Waals surface area contributed by atoms with Crippen molar-refractivity contribution < 1.29 is 51.8 Å². The maximum absolute atomic E-state index is 13.9. The minimum Gasteiger partial charge on any atom is -0.464 e. The van der Waals surface area contributed by atoms with E-state index >= 15 is 0 Å². The van der Waals surface area contributed by atoms with Crippen LogP contribution in [0.3, 0.4) is 0 Å². The Morgan fingerprint density at radius 1 is 1.28 bits per heavy atom. The van der Waals surface area contributed by atoms with Gasteiger partial charge in [0.15, 0.2) is 11.4 Å². The Hall–Kier alpha value is -4.53. The van der Waals surface area contributed by atoms with E-state index in [4.69, 9.17) is 28.1 Å². The fourth-order valence-electron chi connectivity index (χ4n) is 3.94. The molecule has 17 heteroatoms. The summed E-state index contributed by atoms with van der Waals surface area (Å²) in [5.74, 6) is -1.16. The molecule has 1 amide bonds. The molecule has 0 radical (unpaired) electrons. The topological polar surface area (TPSA) is 177 Å². The second-order valence-electron chi connectivity index (χ2n) is 9.00. The van der Waals surface area contributed by atoms with Gasteiger partial charge in [-0.05, 0) is 31.5 Å². The molecule has 0 aliphatic carbocycles. The van der Waals surface area contributed by atoms with Crippen LogP contribution < -0.4 is 25.1 Å². The molecule has 3 heterocycles. The largest absolute Gasteiger partial charge is 0.533 e. The van der Waals surface area contributed by atoms with Crippen LogP contribution >= 0.6 is 7.75 Å². The standard InChI is InChI=1S/C26H32N5O11P/c1-4-5-14-38-25(33)18(2)29-43(35,41-19-9-7-6-8-10-19)42-28-20-11-12-31-22(23(20)39-17-40-26(34)36-3)24(32)30-13-15-37-16-21(30)27-31/h4,6-12,18,21,27H,1,5,13-17H2,2-3H3,(H,29,35)/b28-20+/t18-,21-,43?/m0/s1. The van der Waals surface area contributed by atoms with E-state index in [9.17, 15) is 18.9 Å². The molecular formula is C26H32N5O11P. The Labute approximate surface area is 246 Å². The number of fused-ring (bicyclic) bond motifs is 2. The van der Waals surface area contributed by atoms with Crippen LogP contribution in [0, 0.1) is 0 Å². The maximum Gasteiger partial charge on any atom is 0.533 e. The van der Waals surface area contributed by atoms with Gasteiger partial charge in [-0.25, -0.2) is 9.36 Å². The van der Waals surface area contributed by atoms with Crippen LogP contribution in [0.1, 0.15) is 23.8 Å². The van der Waals surface area contributed by atoms with E-state index in [1.807, 2.05) is 0 Å². The third-order valence-corrected chi connectivity index (χ3v) is 7.44. The number of hydrogen-bond donors (Lipinski definition) is 2. The highest BCUT2D eigenvalue weighted by Gasteiger charge is 2.38. The summed E-state index contributed by atoms with van der Waals surface area (Å²) >= 11 is 0. The molecule has 2 aliphatic heterocycles.